The molecular weight excluding hydrogens is 284 g/mol. The molecule has 0 atom stereocenters. The number of rotatable bonds is 3. The van der Waals surface area contributed by atoms with Gasteiger partial charge in [-0.25, -0.2) is 0 Å². The number of anilines is 2. The Morgan fingerprint density at radius 1 is 1.37 bits per heavy atom. The number of halogens is 1. The van der Waals surface area contributed by atoms with Gasteiger partial charge in [0, 0.05) is 17.2 Å². The topological polar surface area (TPSA) is 80.9 Å². The number of nitrogen functional groups attached to an aromatic ring is 1. The van der Waals surface area contributed by atoms with E-state index >= 15 is 0 Å². The highest BCUT2D eigenvalue weighted by Crippen LogP contribution is 2.22. The Morgan fingerprint density at radius 3 is 2.68 bits per heavy atom. The van der Waals surface area contributed by atoms with Gasteiger partial charge < -0.3 is 5.73 Å². The van der Waals surface area contributed by atoms with Crippen LogP contribution in [-0.2, 0) is 0 Å². The molecule has 3 N–H and O–H groups in total. The molecule has 1 heterocycles. The van der Waals surface area contributed by atoms with Crippen LogP contribution >= 0.6 is 23.7 Å². The largest absolute Gasteiger partial charge is 0.399 e. The lowest BCUT2D eigenvalue weighted by atomic mass is 10.2. The van der Waals surface area contributed by atoms with E-state index in [1.165, 1.54) is 11.3 Å². The molecule has 0 unspecified atom stereocenters. The van der Waals surface area contributed by atoms with Crippen molar-refractivity contribution in [3.8, 4) is 0 Å². The fourth-order valence-corrected chi connectivity index (χ4v) is 2.11. The molecular formula is C12H15ClN4OS. The standard InChI is InChI=1S/C12H14N4OS.ClH/c1-7(2)11-15-16-12(18-11)14-10(17)8-4-3-5-9(13)6-8;/h3-7H,13H2,1-2H3,(H,14,16,17);1H. The molecule has 1 amide bonds. The van der Waals surface area contributed by atoms with Gasteiger partial charge in [-0.15, -0.1) is 22.6 Å². The molecule has 0 bridgehead atoms. The summed E-state index contributed by atoms with van der Waals surface area (Å²) in [6.45, 7) is 4.06. The summed E-state index contributed by atoms with van der Waals surface area (Å²) in [7, 11) is 0. The summed E-state index contributed by atoms with van der Waals surface area (Å²) in [5, 5.41) is 12.1. The average molecular weight is 299 g/mol. The van der Waals surface area contributed by atoms with Crippen LogP contribution in [0.15, 0.2) is 24.3 Å². The first-order valence-electron chi connectivity index (χ1n) is 5.56. The number of nitrogens with two attached hydrogens (primary N) is 1. The summed E-state index contributed by atoms with van der Waals surface area (Å²) in [5.41, 5.74) is 6.70. The molecule has 0 saturated carbocycles. The summed E-state index contributed by atoms with van der Waals surface area (Å²) in [6, 6.07) is 6.80. The summed E-state index contributed by atoms with van der Waals surface area (Å²) in [5.74, 6) is 0.0780. The molecule has 19 heavy (non-hydrogen) atoms. The van der Waals surface area contributed by atoms with Crippen LogP contribution in [0.25, 0.3) is 0 Å². The number of aromatic nitrogens is 2. The van der Waals surface area contributed by atoms with Crippen LogP contribution in [0.2, 0.25) is 0 Å². The predicted octanol–water partition coefficient (Wildman–Crippen LogP) is 2.92. The molecule has 1 aromatic carbocycles. The van der Waals surface area contributed by atoms with Crippen molar-refractivity contribution in [2.75, 3.05) is 11.1 Å². The first-order chi connectivity index (χ1) is 8.56. The fraction of sp³-hybridized carbons (Fsp3) is 0.250. The van der Waals surface area contributed by atoms with E-state index in [-0.39, 0.29) is 18.3 Å². The highest BCUT2D eigenvalue weighted by molar-refractivity contribution is 7.15. The lowest BCUT2D eigenvalue weighted by Crippen LogP contribution is -2.11. The van der Waals surface area contributed by atoms with Gasteiger partial charge in [-0.3, -0.25) is 10.1 Å². The van der Waals surface area contributed by atoms with Crippen molar-refractivity contribution >= 4 is 40.5 Å². The van der Waals surface area contributed by atoms with Gasteiger partial charge >= 0.3 is 0 Å². The molecule has 2 rings (SSSR count). The number of amides is 1. The van der Waals surface area contributed by atoms with Gasteiger partial charge in [-0.2, -0.15) is 0 Å². The maximum Gasteiger partial charge on any atom is 0.257 e. The molecule has 0 aliphatic carbocycles. The second-order valence-corrected chi connectivity index (χ2v) is 5.19. The Hall–Kier alpha value is -1.66. The minimum Gasteiger partial charge on any atom is -0.399 e. The Morgan fingerprint density at radius 2 is 2.11 bits per heavy atom. The highest BCUT2D eigenvalue weighted by Gasteiger charge is 2.11. The summed E-state index contributed by atoms with van der Waals surface area (Å²) in [6.07, 6.45) is 0. The van der Waals surface area contributed by atoms with Crippen LogP contribution in [0.3, 0.4) is 0 Å². The molecule has 0 fully saturated rings. The van der Waals surface area contributed by atoms with E-state index in [4.69, 9.17) is 5.73 Å². The van der Waals surface area contributed by atoms with Gasteiger partial charge in [0.05, 0.1) is 0 Å². The number of carbonyl (C=O) groups excluding carboxylic acids is 1. The van der Waals surface area contributed by atoms with Gasteiger partial charge in [0.2, 0.25) is 5.13 Å². The summed E-state index contributed by atoms with van der Waals surface area (Å²) >= 11 is 1.38. The van der Waals surface area contributed by atoms with E-state index in [1.807, 2.05) is 13.8 Å². The zero-order chi connectivity index (χ0) is 13.1. The van der Waals surface area contributed by atoms with Crippen LogP contribution in [0.5, 0.6) is 0 Å². The van der Waals surface area contributed by atoms with Crippen LogP contribution in [0.1, 0.15) is 35.1 Å². The first kappa shape index (κ1) is 15.4. The number of hydrogen-bond donors (Lipinski definition) is 2. The van der Waals surface area contributed by atoms with Gasteiger partial charge in [-0.1, -0.05) is 31.3 Å². The Bertz CT molecular complexity index is 570. The van der Waals surface area contributed by atoms with Crippen molar-refractivity contribution in [2.45, 2.75) is 19.8 Å². The number of carbonyl (C=O) groups is 1. The van der Waals surface area contributed by atoms with E-state index < -0.39 is 0 Å². The first-order valence-corrected chi connectivity index (χ1v) is 6.38. The highest BCUT2D eigenvalue weighted by atomic mass is 35.5. The van der Waals surface area contributed by atoms with E-state index in [1.54, 1.807) is 24.3 Å². The molecule has 5 nitrogen and oxygen atoms in total. The maximum atomic E-state index is 11.9. The van der Waals surface area contributed by atoms with Crippen molar-refractivity contribution in [1.29, 1.82) is 0 Å². The third kappa shape index (κ3) is 3.90. The van der Waals surface area contributed by atoms with E-state index in [9.17, 15) is 4.79 Å². The molecule has 0 saturated heterocycles. The molecule has 0 radical (unpaired) electrons. The fourth-order valence-electron chi connectivity index (χ4n) is 1.37. The average Bonchev–Trinajstić information content (AvgIpc) is 2.77. The quantitative estimate of drug-likeness (QED) is 0.854. The van der Waals surface area contributed by atoms with E-state index in [0.29, 0.717) is 22.3 Å². The van der Waals surface area contributed by atoms with Crippen molar-refractivity contribution in [2.24, 2.45) is 0 Å². The van der Waals surface area contributed by atoms with Gasteiger partial charge in [0.25, 0.3) is 5.91 Å². The van der Waals surface area contributed by atoms with Crippen molar-refractivity contribution in [3.05, 3.63) is 34.8 Å². The Kier molecular flexibility index (Phi) is 5.26. The molecule has 0 aliphatic heterocycles. The molecule has 2 aromatic rings. The smallest absolute Gasteiger partial charge is 0.257 e. The van der Waals surface area contributed by atoms with E-state index in [2.05, 4.69) is 15.5 Å². The number of nitrogens with zero attached hydrogens (tertiary/aromatic N) is 2. The molecule has 0 spiro atoms. The molecule has 102 valence electrons. The minimum absolute atomic E-state index is 0. The van der Waals surface area contributed by atoms with Crippen LogP contribution in [0, 0.1) is 0 Å². The number of hydrogen-bond acceptors (Lipinski definition) is 5. The SMILES string of the molecule is CC(C)c1nnc(NC(=O)c2cccc(N)c2)s1.Cl. The van der Waals surface area contributed by atoms with Gasteiger partial charge in [-0.05, 0) is 18.2 Å². The van der Waals surface area contributed by atoms with Gasteiger partial charge in [0.1, 0.15) is 5.01 Å². The third-order valence-electron chi connectivity index (χ3n) is 2.30. The monoisotopic (exact) mass is 298 g/mol. The predicted molar refractivity (Wildman–Crippen MR) is 80.1 cm³/mol. The Labute approximate surface area is 121 Å². The van der Waals surface area contributed by atoms with Crippen molar-refractivity contribution < 1.29 is 4.79 Å². The third-order valence-corrected chi connectivity index (χ3v) is 3.44. The zero-order valence-electron chi connectivity index (χ0n) is 10.6. The van der Waals surface area contributed by atoms with Crippen LogP contribution in [-0.4, -0.2) is 16.1 Å². The van der Waals surface area contributed by atoms with Crippen molar-refractivity contribution in [3.63, 3.8) is 0 Å². The number of nitrogens with one attached hydrogen (secondary N) is 1. The minimum atomic E-state index is -0.228. The molecule has 7 heteroatoms. The van der Waals surface area contributed by atoms with Crippen molar-refractivity contribution in [1.82, 2.24) is 10.2 Å². The molecule has 0 aliphatic rings. The zero-order valence-corrected chi connectivity index (χ0v) is 12.2. The lowest BCUT2D eigenvalue weighted by Gasteiger charge is -2.01. The summed E-state index contributed by atoms with van der Waals surface area (Å²) < 4.78 is 0. The number of benzene rings is 1. The van der Waals surface area contributed by atoms with Crippen LogP contribution < -0.4 is 11.1 Å². The van der Waals surface area contributed by atoms with Crippen LogP contribution in [0.4, 0.5) is 10.8 Å². The van der Waals surface area contributed by atoms with Gasteiger partial charge in [0.15, 0.2) is 0 Å². The maximum absolute atomic E-state index is 11.9. The lowest BCUT2D eigenvalue weighted by molar-refractivity contribution is 0.102. The molecule has 1 aromatic heterocycles. The second-order valence-electron chi connectivity index (χ2n) is 4.18. The van der Waals surface area contributed by atoms with E-state index in [0.717, 1.165) is 5.01 Å². The normalized spacial score (nSPS) is 10.1. The second kappa shape index (κ2) is 6.49. The Balaban J connectivity index is 0.00000180. The summed E-state index contributed by atoms with van der Waals surface area (Å²) in [4.78, 5) is 11.9.